The number of likely N-dealkylation sites (tertiary alicyclic amines) is 1. The lowest BCUT2D eigenvalue weighted by Gasteiger charge is -2.41. The Morgan fingerprint density at radius 2 is 1.88 bits per heavy atom. The summed E-state index contributed by atoms with van der Waals surface area (Å²) in [6.45, 7) is 15.8. The van der Waals surface area contributed by atoms with E-state index >= 15 is 0 Å². The van der Waals surface area contributed by atoms with Gasteiger partial charge in [0.2, 0.25) is 0 Å². The molecule has 0 aromatic carbocycles. The first kappa shape index (κ1) is 22.6. The van der Waals surface area contributed by atoms with E-state index < -0.39 is 0 Å². The third kappa shape index (κ3) is 7.02. The second-order valence-electron chi connectivity index (χ2n) is 7.15. The number of halogens is 1. The van der Waals surface area contributed by atoms with Crippen LogP contribution >= 0.6 is 35.3 Å². The van der Waals surface area contributed by atoms with Crippen LogP contribution in [0, 0.1) is 13.8 Å². The van der Waals surface area contributed by atoms with Crippen molar-refractivity contribution >= 4 is 41.3 Å². The van der Waals surface area contributed by atoms with Crippen molar-refractivity contribution in [1.82, 2.24) is 20.5 Å². The summed E-state index contributed by atoms with van der Waals surface area (Å²) in [6.07, 6.45) is 4.01. The van der Waals surface area contributed by atoms with Crippen molar-refractivity contribution in [1.29, 1.82) is 0 Å². The number of aromatic nitrogens is 1. The third-order valence-corrected chi connectivity index (χ3v) is 5.68. The highest BCUT2D eigenvalue weighted by atomic mass is 127. The summed E-state index contributed by atoms with van der Waals surface area (Å²) in [5.41, 5.74) is 1.25. The molecule has 7 heteroatoms. The molecule has 1 aliphatic rings. The Bertz CT molecular complexity index is 550. The quantitative estimate of drug-likeness (QED) is 0.371. The Labute approximate surface area is 174 Å². The first-order chi connectivity index (χ1) is 11.4. The Balaban J connectivity index is 0.00000312. The van der Waals surface area contributed by atoms with Gasteiger partial charge in [-0.05, 0) is 60.5 Å². The molecule has 144 valence electrons. The van der Waals surface area contributed by atoms with E-state index in [-0.39, 0.29) is 29.5 Å². The molecule has 0 radical (unpaired) electrons. The zero-order valence-corrected chi connectivity index (χ0v) is 19.5. The summed E-state index contributed by atoms with van der Waals surface area (Å²) >= 11 is 1.74. The highest BCUT2D eigenvalue weighted by Gasteiger charge is 2.27. The van der Waals surface area contributed by atoms with Crippen LogP contribution in [0.25, 0.3) is 0 Å². The number of hydrogen-bond donors (Lipinski definition) is 2. The average molecular weight is 479 g/mol. The number of thiazole rings is 1. The van der Waals surface area contributed by atoms with E-state index in [1.165, 1.54) is 37.2 Å². The van der Waals surface area contributed by atoms with Gasteiger partial charge in [-0.1, -0.05) is 6.42 Å². The van der Waals surface area contributed by atoms with Crippen molar-refractivity contribution in [2.75, 3.05) is 26.2 Å². The maximum absolute atomic E-state index is 4.75. The Morgan fingerprint density at radius 3 is 2.44 bits per heavy atom. The Hall–Kier alpha value is -0.410. The van der Waals surface area contributed by atoms with Crippen LogP contribution in [0.1, 0.15) is 55.6 Å². The minimum absolute atomic E-state index is 0. The van der Waals surface area contributed by atoms with Crippen molar-refractivity contribution in [2.45, 2.75) is 66.0 Å². The minimum Gasteiger partial charge on any atom is -0.357 e. The first-order valence-electron chi connectivity index (χ1n) is 9.12. The molecule has 2 heterocycles. The van der Waals surface area contributed by atoms with Gasteiger partial charge in [-0.2, -0.15) is 0 Å². The lowest BCUT2D eigenvalue weighted by Crippen LogP contribution is -2.54. The van der Waals surface area contributed by atoms with Crippen LogP contribution in [0.15, 0.2) is 4.99 Å². The molecule has 1 aliphatic heterocycles. The molecule has 0 spiro atoms. The zero-order chi connectivity index (χ0) is 17.6. The minimum atomic E-state index is 0. The van der Waals surface area contributed by atoms with E-state index in [2.05, 4.69) is 55.1 Å². The molecular weight excluding hydrogens is 445 g/mol. The second-order valence-corrected chi connectivity index (χ2v) is 8.44. The van der Waals surface area contributed by atoms with E-state index in [0.717, 1.165) is 29.8 Å². The summed E-state index contributed by atoms with van der Waals surface area (Å²) in [4.78, 5) is 13.1. The number of hydrogen-bond acceptors (Lipinski definition) is 4. The highest BCUT2D eigenvalue weighted by molar-refractivity contribution is 14.0. The lowest BCUT2D eigenvalue weighted by molar-refractivity contribution is 0.0982. The second kappa shape index (κ2) is 10.7. The van der Waals surface area contributed by atoms with Gasteiger partial charge in [0.1, 0.15) is 0 Å². The fraction of sp³-hybridized carbons (Fsp3) is 0.778. The maximum Gasteiger partial charge on any atom is 0.191 e. The van der Waals surface area contributed by atoms with Crippen LogP contribution < -0.4 is 10.6 Å². The van der Waals surface area contributed by atoms with Gasteiger partial charge in [0.05, 0.1) is 17.2 Å². The third-order valence-electron chi connectivity index (χ3n) is 4.63. The van der Waals surface area contributed by atoms with Crippen molar-refractivity contribution < 1.29 is 0 Å². The fourth-order valence-electron chi connectivity index (χ4n) is 3.12. The maximum atomic E-state index is 4.75. The van der Waals surface area contributed by atoms with Crippen LogP contribution in [-0.2, 0) is 6.54 Å². The predicted octanol–water partition coefficient (Wildman–Crippen LogP) is 3.70. The molecule has 0 atom stereocenters. The number of nitrogens with one attached hydrogen (secondary N) is 2. The molecule has 1 aromatic rings. The van der Waals surface area contributed by atoms with Gasteiger partial charge in [0.15, 0.2) is 5.96 Å². The largest absolute Gasteiger partial charge is 0.357 e. The molecule has 0 amide bonds. The lowest BCUT2D eigenvalue weighted by atomic mass is 9.98. The molecule has 0 unspecified atom stereocenters. The van der Waals surface area contributed by atoms with Gasteiger partial charge in [0.25, 0.3) is 0 Å². The summed E-state index contributed by atoms with van der Waals surface area (Å²) < 4.78 is 0. The topological polar surface area (TPSA) is 52.6 Å². The molecule has 2 N–H and O–H groups in total. The summed E-state index contributed by atoms with van der Waals surface area (Å²) in [6, 6.07) is 0. The molecule has 1 aromatic heterocycles. The van der Waals surface area contributed by atoms with E-state index in [4.69, 9.17) is 4.99 Å². The normalized spacial score (nSPS) is 16.4. The number of aryl methyl sites for hydroxylation is 2. The molecule has 1 saturated heterocycles. The number of aliphatic imine (C=N–C) groups is 1. The summed E-state index contributed by atoms with van der Waals surface area (Å²) in [5, 5.41) is 8.01. The Kier molecular flexibility index (Phi) is 9.66. The molecule has 2 rings (SSSR count). The number of rotatable bonds is 6. The predicted molar refractivity (Wildman–Crippen MR) is 119 cm³/mol. The van der Waals surface area contributed by atoms with E-state index in [0.29, 0.717) is 6.54 Å². The van der Waals surface area contributed by atoms with E-state index in [1.54, 1.807) is 11.3 Å². The van der Waals surface area contributed by atoms with Crippen molar-refractivity contribution in [3.05, 3.63) is 15.6 Å². The molecule has 1 fully saturated rings. The highest BCUT2D eigenvalue weighted by Crippen LogP contribution is 2.20. The van der Waals surface area contributed by atoms with Gasteiger partial charge in [-0.3, -0.25) is 4.90 Å². The number of nitrogens with zero attached hydrogens (tertiary/aromatic N) is 3. The van der Waals surface area contributed by atoms with Gasteiger partial charge in [-0.25, -0.2) is 9.98 Å². The monoisotopic (exact) mass is 479 g/mol. The molecule has 25 heavy (non-hydrogen) atoms. The van der Waals surface area contributed by atoms with Gasteiger partial charge >= 0.3 is 0 Å². The molecular formula is C18H34IN5S. The van der Waals surface area contributed by atoms with E-state index in [9.17, 15) is 0 Å². The van der Waals surface area contributed by atoms with Crippen LogP contribution in [0.4, 0.5) is 0 Å². The first-order valence-corrected chi connectivity index (χ1v) is 9.94. The van der Waals surface area contributed by atoms with Crippen molar-refractivity contribution in [3.8, 4) is 0 Å². The van der Waals surface area contributed by atoms with E-state index in [1.807, 2.05) is 0 Å². The molecule has 5 nitrogen and oxygen atoms in total. The van der Waals surface area contributed by atoms with Crippen molar-refractivity contribution in [3.63, 3.8) is 0 Å². The molecule has 0 saturated carbocycles. The van der Waals surface area contributed by atoms with Crippen LogP contribution in [-0.4, -0.2) is 47.6 Å². The van der Waals surface area contributed by atoms with Gasteiger partial charge < -0.3 is 10.6 Å². The summed E-state index contributed by atoms with van der Waals surface area (Å²) in [7, 11) is 0. The van der Waals surface area contributed by atoms with Crippen LogP contribution in [0.5, 0.6) is 0 Å². The molecule has 0 aliphatic carbocycles. The van der Waals surface area contributed by atoms with Gasteiger partial charge in [-0.15, -0.1) is 35.3 Å². The van der Waals surface area contributed by atoms with Crippen LogP contribution in [0.3, 0.4) is 0 Å². The smallest absolute Gasteiger partial charge is 0.191 e. The Morgan fingerprint density at radius 1 is 1.20 bits per heavy atom. The van der Waals surface area contributed by atoms with Gasteiger partial charge in [0, 0.05) is 23.5 Å². The SMILES string of the molecule is CCNC(=NCc1sc(C)nc1C)NCC(C)(C)N1CCCCC1.I. The zero-order valence-electron chi connectivity index (χ0n) is 16.3. The summed E-state index contributed by atoms with van der Waals surface area (Å²) in [5.74, 6) is 0.896. The van der Waals surface area contributed by atoms with Crippen LogP contribution in [0.2, 0.25) is 0 Å². The fourth-order valence-corrected chi connectivity index (χ4v) is 3.99. The number of guanidine groups is 1. The average Bonchev–Trinajstić information content (AvgIpc) is 2.88. The number of piperidine rings is 1. The van der Waals surface area contributed by atoms with Crippen molar-refractivity contribution in [2.24, 2.45) is 4.99 Å². The molecule has 0 bridgehead atoms. The standard InChI is InChI=1S/C18H33N5S.HI/c1-6-19-17(20-12-16-14(2)22-15(3)24-16)21-13-18(4,5)23-10-8-7-9-11-23;/h6-13H2,1-5H3,(H2,19,20,21);1H.